The maximum absolute atomic E-state index is 11.2. The van der Waals surface area contributed by atoms with Crippen molar-refractivity contribution in [1.82, 2.24) is 4.90 Å². The highest BCUT2D eigenvalue weighted by molar-refractivity contribution is 5.81. The number of rotatable bonds is 3. The van der Waals surface area contributed by atoms with Gasteiger partial charge in [0, 0.05) is 26.5 Å². The lowest BCUT2D eigenvalue weighted by atomic mass is 9.86. The molecule has 80 valence electrons. The molecular weight excluding hydrogens is 186 g/mol. The number of carboxylic acids is 1. The largest absolute Gasteiger partial charge is 0.479 e. The van der Waals surface area contributed by atoms with Gasteiger partial charge in [-0.15, -0.1) is 0 Å². The predicted octanol–water partition coefficient (Wildman–Crippen LogP) is 0.0969. The molecule has 2 unspecified atom stereocenters. The molecule has 0 spiro atoms. The van der Waals surface area contributed by atoms with Crippen molar-refractivity contribution in [3.05, 3.63) is 0 Å². The minimum Gasteiger partial charge on any atom is -0.479 e. The molecule has 5 nitrogen and oxygen atoms in total. The van der Waals surface area contributed by atoms with Crippen molar-refractivity contribution in [1.29, 1.82) is 0 Å². The van der Waals surface area contributed by atoms with Gasteiger partial charge in [0.2, 0.25) is 6.41 Å². The monoisotopic (exact) mass is 201 g/mol. The van der Waals surface area contributed by atoms with E-state index < -0.39 is 11.5 Å². The Morgan fingerprint density at radius 2 is 2.36 bits per heavy atom. The molecule has 0 aromatic carbocycles. The molecule has 14 heavy (non-hydrogen) atoms. The van der Waals surface area contributed by atoms with Gasteiger partial charge in [-0.25, -0.2) is 4.79 Å². The zero-order chi connectivity index (χ0) is 10.8. The second-order valence-corrected chi connectivity index (χ2v) is 3.69. The molecule has 1 fully saturated rings. The number of carbonyl (C=O) groups excluding carboxylic acids is 1. The summed E-state index contributed by atoms with van der Waals surface area (Å²) in [6.07, 6.45) is 1.13. The van der Waals surface area contributed by atoms with Crippen molar-refractivity contribution in [2.24, 2.45) is 0 Å². The van der Waals surface area contributed by atoms with Gasteiger partial charge in [0.25, 0.3) is 0 Å². The molecule has 2 atom stereocenters. The summed E-state index contributed by atoms with van der Waals surface area (Å²) in [5, 5.41) is 9.15. The van der Waals surface area contributed by atoms with Gasteiger partial charge in [-0.05, 0) is 6.92 Å². The Kier molecular flexibility index (Phi) is 3.10. The number of carboxylic acid groups (broad SMARTS) is 1. The third-order valence-electron chi connectivity index (χ3n) is 2.77. The number of hydrogen-bond acceptors (Lipinski definition) is 3. The van der Waals surface area contributed by atoms with Crippen molar-refractivity contribution < 1.29 is 19.4 Å². The fraction of sp³-hybridized carbons (Fsp3) is 0.778. The van der Waals surface area contributed by atoms with E-state index in [0.717, 1.165) is 0 Å². The second kappa shape index (κ2) is 3.96. The van der Waals surface area contributed by atoms with Gasteiger partial charge in [-0.1, -0.05) is 0 Å². The van der Waals surface area contributed by atoms with Crippen LogP contribution in [0.2, 0.25) is 0 Å². The highest BCUT2D eigenvalue weighted by Gasteiger charge is 2.45. The van der Waals surface area contributed by atoms with Crippen LogP contribution in [0.1, 0.15) is 19.8 Å². The second-order valence-electron chi connectivity index (χ2n) is 3.69. The first-order valence-electron chi connectivity index (χ1n) is 4.56. The molecule has 5 heteroatoms. The Bertz CT molecular complexity index is 243. The van der Waals surface area contributed by atoms with Gasteiger partial charge >= 0.3 is 5.97 Å². The van der Waals surface area contributed by atoms with E-state index in [0.29, 0.717) is 25.9 Å². The van der Waals surface area contributed by atoms with Gasteiger partial charge in [-0.3, -0.25) is 4.79 Å². The van der Waals surface area contributed by atoms with Crippen molar-refractivity contribution >= 4 is 12.4 Å². The van der Waals surface area contributed by atoms with Crippen LogP contribution in [-0.4, -0.2) is 47.7 Å². The van der Waals surface area contributed by atoms with Gasteiger partial charge in [0.05, 0.1) is 6.10 Å². The van der Waals surface area contributed by atoms with Gasteiger partial charge in [-0.2, -0.15) is 0 Å². The standard InChI is InChI=1S/C9H15NO4/c1-7-5-9(8(12)13,3-4-14-7)10(2)6-11/h6-7H,3-5H2,1-2H3,(H,12,13). The van der Waals surface area contributed by atoms with Gasteiger partial charge in [0.15, 0.2) is 0 Å². The van der Waals surface area contributed by atoms with Crippen LogP contribution in [0.4, 0.5) is 0 Å². The van der Waals surface area contributed by atoms with Gasteiger partial charge < -0.3 is 14.7 Å². The zero-order valence-corrected chi connectivity index (χ0v) is 8.40. The predicted molar refractivity (Wildman–Crippen MR) is 48.8 cm³/mol. The topological polar surface area (TPSA) is 66.8 Å². The number of nitrogens with zero attached hydrogens (tertiary/aromatic N) is 1. The van der Waals surface area contributed by atoms with Crippen LogP contribution in [0.25, 0.3) is 0 Å². The lowest BCUT2D eigenvalue weighted by molar-refractivity contribution is -0.163. The smallest absolute Gasteiger partial charge is 0.329 e. The minimum atomic E-state index is -1.08. The number of aliphatic carboxylic acids is 1. The van der Waals surface area contributed by atoms with E-state index in [1.165, 1.54) is 11.9 Å². The van der Waals surface area contributed by atoms with E-state index in [-0.39, 0.29) is 6.10 Å². The number of likely N-dealkylation sites (N-methyl/N-ethyl adjacent to an activating group) is 1. The lowest BCUT2D eigenvalue weighted by Gasteiger charge is -2.41. The van der Waals surface area contributed by atoms with E-state index in [2.05, 4.69) is 0 Å². The summed E-state index contributed by atoms with van der Waals surface area (Å²) < 4.78 is 5.27. The third-order valence-corrected chi connectivity index (χ3v) is 2.77. The molecule has 0 radical (unpaired) electrons. The maximum Gasteiger partial charge on any atom is 0.329 e. The third kappa shape index (κ3) is 1.72. The molecule has 1 heterocycles. The Labute approximate surface area is 82.6 Å². The SMILES string of the molecule is CC1CC(C(=O)O)(N(C)C=O)CCO1. The summed E-state index contributed by atoms with van der Waals surface area (Å²) in [6.45, 7) is 2.20. The molecule has 1 rings (SSSR count). The van der Waals surface area contributed by atoms with E-state index in [1.54, 1.807) is 0 Å². The molecule has 1 saturated heterocycles. The van der Waals surface area contributed by atoms with E-state index >= 15 is 0 Å². The highest BCUT2D eigenvalue weighted by Crippen LogP contribution is 2.29. The number of ether oxygens (including phenoxy) is 1. The van der Waals surface area contributed by atoms with Crippen molar-refractivity contribution in [3.63, 3.8) is 0 Å². The first-order chi connectivity index (χ1) is 6.53. The van der Waals surface area contributed by atoms with E-state index in [9.17, 15) is 9.59 Å². The Morgan fingerprint density at radius 3 is 2.79 bits per heavy atom. The fourth-order valence-electron chi connectivity index (χ4n) is 1.83. The van der Waals surface area contributed by atoms with Crippen molar-refractivity contribution in [2.75, 3.05) is 13.7 Å². The highest BCUT2D eigenvalue weighted by atomic mass is 16.5. The minimum absolute atomic E-state index is 0.123. The van der Waals surface area contributed by atoms with Crippen LogP contribution >= 0.6 is 0 Å². The van der Waals surface area contributed by atoms with Crippen LogP contribution < -0.4 is 0 Å². The number of carbonyl (C=O) groups is 2. The normalized spacial score (nSPS) is 32.3. The molecule has 1 N–H and O–H groups in total. The van der Waals surface area contributed by atoms with E-state index in [1.807, 2.05) is 6.92 Å². The molecule has 0 aliphatic carbocycles. The summed E-state index contributed by atoms with van der Waals surface area (Å²) >= 11 is 0. The molecule has 1 aliphatic rings. The quantitative estimate of drug-likeness (QED) is 0.657. The Balaban J connectivity index is 2.91. The molecular formula is C9H15NO4. The zero-order valence-electron chi connectivity index (χ0n) is 8.40. The number of amides is 1. The molecule has 0 bridgehead atoms. The van der Waals surface area contributed by atoms with Crippen molar-refractivity contribution in [2.45, 2.75) is 31.4 Å². The summed E-state index contributed by atoms with van der Waals surface area (Å²) in [7, 11) is 1.50. The average Bonchev–Trinajstić information content (AvgIpc) is 2.16. The summed E-state index contributed by atoms with van der Waals surface area (Å²) in [5.74, 6) is -0.956. The molecule has 1 amide bonds. The lowest BCUT2D eigenvalue weighted by Crippen LogP contribution is -2.57. The Morgan fingerprint density at radius 1 is 1.71 bits per heavy atom. The molecule has 1 aliphatic heterocycles. The average molecular weight is 201 g/mol. The first-order valence-corrected chi connectivity index (χ1v) is 4.56. The van der Waals surface area contributed by atoms with Crippen LogP contribution in [0.3, 0.4) is 0 Å². The van der Waals surface area contributed by atoms with Crippen LogP contribution in [0.15, 0.2) is 0 Å². The summed E-state index contributed by atoms with van der Waals surface area (Å²) in [5.41, 5.74) is -1.08. The molecule has 0 saturated carbocycles. The van der Waals surface area contributed by atoms with Crippen LogP contribution in [-0.2, 0) is 14.3 Å². The fourth-order valence-corrected chi connectivity index (χ4v) is 1.83. The van der Waals surface area contributed by atoms with Crippen LogP contribution in [0.5, 0.6) is 0 Å². The van der Waals surface area contributed by atoms with Crippen LogP contribution in [0, 0.1) is 0 Å². The Hall–Kier alpha value is -1.10. The number of hydrogen-bond donors (Lipinski definition) is 1. The van der Waals surface area contributed by atoms with Crippen molar-refractivity contribution in [3.8, 4) is 0 Å². The molecule has 0 aromatic rings. The molecule has 0 aromatic heterocycles. The summed E-state index contributed by atoms with van der Waals surface area (Å²) in [6, 6.07) is 0. The maximum atomic E-state index is 11.2. The summed E-state index contributed by atoms with van der Waals surface area (Å²) in [4.78, 5) is 23.0. The van der Waals surface area contributed by atoms with E-state index in [4.69, 9.17) is 9.84 Å². The van der Waals surface area contributed by atoms with Gasteiger partial charge in [0.1, 0.15) is 5.54 Å². The first kappa shape index (κ1) is 11.0.